The minimum atomic E-state index is -0.139. The number of aromatic nitrogens is 3. The fourth-order valence-corrected chi connectivity index (χ4v) is 3.38. The number of hydrogen-bond acceptors (Lipinski definition) is 8. The molecule has 178 valence electrons. The van der Waals surface area contributed by atoms with Gasteiger partial charge in [0, 0.05) is 17.3 Å². The average molecular weight is 482 g/mol. The Morgan fingerprint density at radius 3 is 2.59 bits per heavy atom. The highest BCUT2D eigenvalue weighted by atomic mass is 35.5. The van der Waals surface area contributed by atoms with Gasteiger partial charge in [0.2, 0.25) is 0 Å². The summed E-state index contributed by atoms with van der Waals surface area (Å²) in [5.74, 6) is 2.63. The fourth-order valence-electron chi connectivity index (χ4n) is 3.15. The van der Waals surface area contributed by atoms with Crippen LogP contribution < -0.4 is 14.8 Å². The molecule has 1 N–H and O–H groups in total. The third-order valence-corrected chi connectivity index (χ3v) is 5.96. The van der Waals surface area contributed by atoms with Crippen LogP contribution in [0, 0.1) is 6.92 Å². The van der Waals surface area contributed by atoms with Gasteiger partial charge in [0.25, 0.3) is 0 Å². The van der Waals surface area contributed by atoms with Crippen molar-refractivity contribution >= 4 is 34.0 Å². The summed E-state index contributed by atoms with van der Waals surface area (Å²) < 4.78 is 17.1. The predicted octanol–water partition coefficient (Wildman–Crippen LogP) is 5.62. The third kappa shape index (κ3) is 5.40. The van der Waals surface area contributed by atoms with Crippen LogP contribution in [0.1, 0.15) is 25.3 Å². The Hall–Kier alpha value is -3.36. The van der Waals surface area contributed by atoms with Gasteiger partial charge in [-0.1, -0.05) is 22.8 Å². The summed E-state index contributed by atoms with van der Waals surface area (Å²) in [7, 11) is 4.07. The number of rotatable bonds is 9. The van der Waals surface area contributed by atoms with Crippen LogP contribution in [-0.4, -0.2) is 46.3 Å². The van der Waals surface area contributed by atoms with Gasteiger partial charge in [-0.15, -0.1) is 0 Å². The van der Waals surface area contributed by atoms with Gasteiger partial charge in [-0.2, -0.15) is 0 Å². The summed E-state index contributed by atoms with van der Waals surface area (Å²) in [5, 5.41) is 8.54. The molecule has 0 amide bonds. The quantitative estimate of drug-likeness (QED) is 0.329. The first-order valence-electron chi connectivity index (χ1n) is 10.9. The normalized spacial score (nSPS) is 11.7. The van der Waals surface area contributed by atoms with Crippen LogP contribution in [-0.2, 0) is 6.61 Å². The molecule has 9 heteroatoms. The van der Waals surface area contributed by atoms with E-state index in [9.17, 15) is 0 Å². The Morgan fingerprint density at radius 2 is 1.88 bits per heavy atom. The Morgan fingerprint density at radius 1 is 1.06 bits per heavy atom. The zero-order valence-corrected chi connectivity index (χ0v) is 20.7. The Labute approximate surface area is 203 Å². The van der Waals surface area contributed by atoms with E-state index in [1.165, 1.54) is 6.33 Å². The van der Waals surface area contributed by atoms with Crippen molar-refractivity contribution in [3.63, 3.8) is 0 Å². The van der Waals surface area contributed by atoms with Crippen LogP contribution in [0.5, 0.6) is 11.5 Å². The number of benzene rings is 2. The van der Waals surface area contributed by atoms with E-state index >= 15 is 0 Å². The summed E-state index contributed by atoms with van der Waals surface area (Å²) in [5.41, 5.74) is 2.11. The van der Waals surface area contributed by atoms with Gasteiger partial charge >= 0.3 is 0 Å². The number of halogens is 1. The van der Waals surface area contributed by atoms with Crippen LogP contribution in [0.3, 0.4) is 0 Å². The van der Waals surface area contributed by atoms with E-state index in [2.05, 4.69) is 39.2 Å². The molecule has 8 nitrogen and oxygen atoms in total. The van der Waals surface area contributed by atoms with Crippen molar-refractivity contribution in [1.82, 2.24) is 20.0 Å². The molecule has 0 bridgehead atoms. The minimum absolute atomic E-state index is 0.139. The van der Waals surface area contributed by atoms with Crippen molar-refractivity contribution in [2.75, 3.05) is 26.0 Å². The van der Waals surface area contributed by atoms with Gasteiger partial charge in [0.1, 0.15) is 48.3 Å². The molecule has 0 saturated heterocycles. The maximum atomic E-state index is 6.48. The summed E-state index contributed by atoms with van der Waals surface area (Å²) in [6.45, 7) is 6.87. The summed E-state index contributed by atoms with van der Waals surface area (Å²) in [6.07, 6.45) is 1.52. The molecule has 0 aliphatic carbocycles. The number of fused-ring (bicyclic) bond motifs is 1. The van der Waals surface area contributed by atoms with Crippen LogP contribution in [0.15, 0.2) is 53.3 Å². The molecular formula is C25H28ClN5O3. The molecule has 2 heterocycles. The Bertz CT molecular complexity index is 1280. The van der Waals surface area contributed by atoms with Crippen molar-refractivity contribution in [1.29, 1.82) is 0 Å². The van der Waals surface area contributed by atoms with Crippen LogP contribution in [0.4, 0.5) is 11.5 Å². The molecule has 0 unspecified atom stereocenters. The van der Waals surface area contributed by atoms with Gasteiger partial charge < -0.3 is 24.2 Å². The van der Waals surface area contributed by atoms with Crippen molar-refractivity contribution in [3.05, 3.63) is 65.3 Å². The number of nitrogens with zero attached hydrogens (tertiary/aromatic N) is 4. The SMILES string of the molecule is Cc1cc(COc2ccc(Nc3ncnc4cccc(OCC(C)(C)N(C)C)c34)cc2Cl)no1. The molecule has 0 radical (unpaired) electrons. The molecule has 0 aliphatic rings. The lowest BCUT2D eigenvalue weighted by atomic mass is 10.1. The lowest BCUT2D eigenvalue weighted by Gasteiger charge is -2.32. The average Bonchev–Trinajstić information content (AvgIpc) is 3.22. The standard InChI is InChI=1S/C25H28ClN5O3/c1-16-11-18(30-34-16)13-32-21-10-9-17(12-19(21)26)29-24-23-20(27-15-28-24)7-6-8-22(23)33-14-25(2,3)31(4)5/h6-12,15H,13-14H2,1-5H3,(H,27,28,29). The number of nitrogens with one attached hydrogen (secondary N) is 1. The Balaban J connectivity index is 1.55. The van der Waals surface area contributed by atoms with Crippen molar-refractivity contribution in [2.45, 2.75) is 32.9 Å². The van der Waals surface area contributed by atoms with Crippen molar-refractivity contribution in [2.24, 2.45) is 0 Å². The highest BCUT2D eigenvalue weighted by molar-refractivity contribution is 6.32. The van der Waals surface area contributed by atoms with E-state index in [0.717, 1.165) is 22.4 Å². The van der Waals surface area contributed by atoms with Crippen LogP contribution in [0.2, 0.25) is 5.02 Å². The van der Waals surface area contributed by atoms with Crippen LogP contribution >= 0.6 is 11.6 Å². The smallest absolute Gasteiger partial charge is 0.145 e. The second-order valence-corrected chi connectivity index (χ2v) is 9.26. The molecule has 4 rings (SSSR count). The molecule has 0 fully saturated rings. The first-order chi connectivity index (χ1) is 16.2. The molecule has 2 aromatic carbocycles. The molecular weight excluding hydrogens is 454 g/mol. The molecule has 4 aromatic rings. The number of ether oxygens (including phenoxy) is 2. The third-order valence-electron chi connectivity index (χ3n) is 5.66. The summed E-state index contributed by atoms with van der Waals surface area (Å²) in [4.78, 5) is 11.0. The zero-order valence-electron chi connectivity index (χ0n) is 19.9. The van der Waals surface area contributed by atoms with Gasteiger partial charge in [0.05, 0.1) is 15.9 Å². The molecule has 0 atom stereocenters. The predicted molar refractivity (Wildman–Crippen MR) is 133 cm³/mol. The Kier molecular flexibility index (Phi) is 6.90. The maximum Gasteiger partial charge on any atom is 0.145 e. The topological polar surface area (TPSA) is 85.5 Å². The lowest BCUT2D eigenvalue weighted by molar-refractivity contribution is 0.115. The number of aryl methyl sites for hydroxylation is 1. The van der Waals surface area contributed by atoms with Gasteiger partial charge in [-0.05, 0) is 65.2 Å². The van der Waals surface area contributed by atoms with Crippen molar-refractivity contribution < 1.29 is 14.0 Å². The molecule has 0 aliphatic heterocycles. The lowest BCUT2D eigenvalue weighted by Crippen LogP contribution is -2.43. The first-order valence-corrected chi connectivity index (χ1v) is 11.3. The monoisotopic (exact) mass is 481 g/mol. The van der Waals surface area contributed by atoms with E-state index in [1.54, 1.807) is 12.1 Å². The molecule has 0 spiro atoms. The second-order valence-electron chi connectivity index (χ2n) is 8.86. The van der Waals surface area contributed by atoms with Gasteiger partial charge in [-0.25, -0.2) is 9.97 Å². The van der Waals surface area contributed by atoms with Crippen molar-refractivity contribution in [3.8, 4) is 11.5 Å². The van der Waals surface area contributed by atoms with Gasteiger partial charge in [0.15, 0.2) is 0 Å². The first kappa shape index (κ1) is 23.8. The van der Waals surface area contributed by atoms with E-state index < -0.39 is 0 Å². The number of hydrogen-bond donors (Lipinski definition) is 1. The van der Waals surface area contributed by atoms with Gasteiger partial charge in [-0.3, -0.25) is 0 Å². The van der Waals surface area contributed by atoms with Crippen LogP contribution in [0.25, 0.3) is 10.9 Å². The van der Waals surface area contributed by atoms with E-state index in [1.807, 2.05) is 51.4 Å². The molecule has 0 saturated carbocycles. The summed E-state index contributed by atoms with van der Waals surface area (Å²) >= 11 is 6.48. The second kappa shape index (κ2) is 9.87. The molecule has 34 heavy (non-hydrogen) atoms. The van der Waals surface area contributed by atoms with E-state index in [4.69, 9.17) is 25.6 Å². The highest BCUT2D eigenvalue weighted by Crippen LogP contribution is 2.34. The number of likely N-dealkylation sites (N-methyl/N-ethyl adjacent to an activating group) is 1. The van der Waals surface area contributed by atoms with E-state index in [-0.39, 0.29) is 12.1 Å². The zero-order chi connectivity index (χ0) is 24.3. The minimum Gasteiger partial charge on any atom is -0.491 e. The fraction of sp³-hybridized carbons (Fsp3) is 0.320. The number of anilines is 2. The maximum absolute atomic E-state index is 6.48. The van der Waals surface area contributed by atoms with E-state index in [0.29, 0.717) is 34.6 Å². The summed E-state index contributed by atoms with van der Waals surface area (Å²) in [6, 6.07) is 13.1. The highest BCUT2D eigenvalue weighted by Gasteiger charge is 2.22. The largest absolute Gasteiger partial charge is 0.491 e. The molecule has 2 aromatic heterocycles.